The predicted octanol–water partition coefficient (Wildman–Crippen LogP) is 3.25. The molecule has 8 heteroatoms. The molecule has 0 spiro atoms. The normalized spacial score (nSPS) is 18.6. The van der Waals surface area contributed by atoms with Gasteiger partial charge in [0.1, 0.15) is 18.0 Å². The number of hydrogen-bond acceptors (Lipinski definition) is 7. The van der Waals surface area contributed by atoms with Gasteiger partial charge in [-0.05, 0) is 30.5 Å². The maximum Gasteiger partial charge on any atom is 0.165 e. The number of aromatic nitrogens is 2. The van der Waals surface area contributed by atoms with E-state index in [4.69, 9.17) is 4.74 Å². The van der Waals surface area contributed by atoms with Crippen LogP contribution < -0.4 is 15.0 Å². The summed E-state index contributed by atoms with van der Waals surface area (Å²) in [6, 6.07) is 7.69. The zero-order valence-corrected chi connectivity index (χ0v) is 17.6. The Hall–Kier alpha value is -2.06. The molecule has 0 aliphatic carbocycles. The highest BCUT2D eigenvalue weighted by atomic mass is 32.2. The highest BCUT2D eigenvalue weighted by Gasteiger charge is 2.20. The van der Waals surface area contributed by atoms with E-state index >= 15 is 0 Å². The SMILES string of the molecule is COc1ccc(CN2CCC(Nc3cc(N4CCSCC4)ncn3)CC2)cc1F. The number of hydrogen-bond donors (Lipinski definition) is 1. The lowest BCUT2D eigenvalue weighted by molar-refractivity contribution is 0.211. The fourth-order valence-electron chi connectivity index (χ4n) is 3.90. The lowest BCUT2D eigenvalue weighted by Gasteiger charge is -2.33. The van der Waals surface area contributed by atoms with E-state index in [1.165, 1.54) is 7.11 Å². The summed E-state index contributed by atoms with van der Waals surface area (Å²) in [5.74, 6) is 4.23. The topological polar surface area (TPSA) is 53.5 Å². The van der Waals surface area contributed by atoms with Crippen molar-refractivity contribution in [1.82, 2.24) is 14.9 Å². The Balaban J connectivity index is 1.28. The molecule has 6 nitrogen and oxygen atoms in total. The number of methoxy groups -OCH3 is 1. The third-order valence-corrected chi connectivity index (χ3v) is 6.49. The van der Waals surface area contributed by atoms with Gasteiger partial charge in [0.05, 0.1) is 7.11 Å². The van der Waals surface area contributed by atoms with Crippen LogP contribution in [0, 0.1) is 5.82 Å². The van der Waals surface area contributed by atoms with Gasteiger partial charge in [-0.2, -0.15) is 11.8 Å². The van der Waals surface area contributed by atoms with Crippen molar-refractivity contribution < 1.29 is 9.13 Å². The second kappa shape index (κ2) is 9.63. The summed E-state index contributed by atoms with van der Waals surface area (Å²) in [6.45, 7) is 4.81. The maximum absolute atomic E-state index is 13.9. The molecule has 29 heavy (non-hydrogen) atoms. The first-order valence-electron chi connectivity index (χ1n) is 10.2. The molecule has 2 aromatic rings. The summed E-state index contributed by atoms with van der Waals surface area (Å²) < 4.78 is 18.9. The lowest BCUT2D eigenvalue weighted by Crippen LogP contribution is -2.39. The average Bonchev–Trinajstić information content (AvgIpc) is 2.76. The smallest absolute Gasteiger partial charge is 0.165 e. The molecule has 1 aromatic heterocycles. The van der Waals surface area contributed by atoms with Crippen LogP contribution in [0.15, 0.2) is 30.6 Å². The second-order valence-electron chi connectivity index (χ2n) is 7.52. The Labute approximate surface area is 175 Å². The minimum absolute atomic E-state index is 0.296. The number of nitrogens with one attached hydrogen (secondary N) is 1. The predicted molar refractivity (Wildman–Crippen MR) is 116 cm³/mol. The van der Waals surface area contributed by atoms with Crippen molar-refractivity contribution in [3.05, 3.63) is 42.0 Å². The van der Waals surface area contributed by atoms with Crippen LogP contribution in [0.3, 0.4) is 0 Å². The lowest BCUT2D eigenvalue weighted by atomic mass is 10.0. The van der Waals surface area contributed by atoms with Gasteiger partial charge >= 0.3 is 0 Å². The fraction of sp³-hybridized carbons (Fsp3) is 0.524. The van der Waals surface area contributed by atoms with Crippen LogP contribution in [-0.2, 0) is 6.54 Å². The van der Waals surface area contributed by atoms with Crippen molar-refractivity contribution in [2.75, 3.05) is 55.0 Å². The fourth-order valence-corrected chi connectivity index (χ4v) is 4.81. The Kier molecular flexibility index (Phi) is 6.71. The molecule has 1 N–H and O–H groups in total. The third-order valence-electron chi connectivity index (χ3n) is 5.55. The van der Waals surface area contributed by atoms with E-state index in [1.807, 2.05) is 17.8 Å². The van der Waals surface area contributed by atoms with Gasteiger partial charge in [-0.3, -0.25) is 4.90 Å². The number of anilines is 2. The zero-order chi connectivity index (χ0) is 20.1. The molecular formula is C21H28FN5OS. The molecule has 0 saturated carbocycles. The van der Waals surface area contributed by atoms with E-state index in [1.54, 1.807) is 18.5 Å². The number of nitrogens with zero attached hydrogens (tertiary/aromatic N) is 4. The first-order valence-corrected chi connectivity index (χ1v) is 11.3. The number of halogens is 1. The Morgan fingerprint density at radius 1 is 1.14 bits per heavy atom. The van der Waals surface area contributed by atoms with Gasteiger partial charge in [-0.15, -0.1) is 0 Å². The van der Waals surface area contributed by atoms with Crippen LogP contribution in [-0.4, -0.2) is 65.7 Å². The highest BCUT2D eigenvalue weighted by Crippen LogP contribution is 2.23. The van der Waals surface area contributed by atoms with Crippen molar-refractivity contribution in [1.29, 1.82) is 0 Å². The van der Waals surface area contributed by atoms with Crippen LogP contribution in [0.1, 0.15) is 18.4 Å². The highest BCUT2D eigenvalue weighted by molar-refractivity contribution is 7.99. The van der Waals surface area contributed by atoms with Gasteiger partial charge in [-0.1, -0.05) is 6.07 Å². The van der Waals surface area contributed by atoms with Gasteiger partial charge in [-0.25, -0.2) is 14.4 Å². The van der Waals surface area contributed by atoms with E-state index in [-0.39, 0.29) is 5.82 Å². The molecule has 2 aliphatic rings. The molecule has 3 heterocycles. The molecule has 156 valence electrons. The van der Waals surface area contributed by atoms with Crippen LogP contribution in [0.2, 0.25) is 0 Å². The van der Waals surface area contributed by atoms with Crippen LogP contribution >= 0.6 is 11.8 Å². The Bertz CT molecular complexity index is 809. The standard InChI is InChI=1S/C21H28FN5OS/c1-28-19-3-2-16(12-18(19)22)14-26-6-4-17(5-7-26)25-20-13-21(24-15-23-20)27-8-10-29-11-9-27/h2-3,12-13,15,17H,4-11,14H2,1H3,(H,23,24,25). The van der Waals surface area contributed by atoms with Crippen molar-refractivity contribution in [2.24, 2.45) is 0 Å². The molecule has 0 bridgehead atoms. The Morgan fingerprint density at radius 3 is 2.66 bits per heavy atom. The maximum atomic E-state index is 13.9. The summed E-state index contributed by atoms with van der Waals surface area (Å²) in [5, 5.41) is 3.58. The molecule has 0 atom stereocenters. The monoisotopic (exact) mass is 417 g/mol. The summed E-state index contributed by atoms with van der Waals surface area (Å²) in [6.07, 6.45) is 3.74. The molecule has 2 aliphatic heterocycles. The molecular weight excluding hydrogens is 389 g/mol. The van der Waals surface area contributed by atoms with Gasteiger partial charge in [0, 0.05) is 56.3 Å². The van der Waals surface area contributed by atoms with Gasteiger partial charge in [0.15, 0.2) is 11.6 Å². The minimum Gasteiger partial charge on any atom is -0.494 e. The van der Waals surface area contributed by atoms with Crippen molar-refractivity contribution >= 4 is 23.4 Å². The van der Waals surface area contributed by atoms with Crippen molar-refractivity contribution in [3.8, 4) is 5.75 Å². The zero-order valence-electron chi connectivity index (χ0n) is 16.8. The number of ether oxygens (including phenoxy) is 1. The minimum atomic E-state index is -0.298. The van der Waals surface area contributed by atoms with Gasteiger partial charge in [0.25, 0.3) is 0 Å². The molecule has 1 aromatic carbocycles. The van der Waals surface area contributed by atoms with E-state index in [0.717, 1.165) is 74.3 Å². The summed E-state index contributed by atoms with van der Waals surface area (Å²) >= 11 is 2.00. The number of thioether (sulfide) groups is 1. The molecule has 0 radical (unpaired) electrons. The first-order chi connectivity index (χ1) is 14.2. The average molecular weight is 418 g/mol. The molecule has 2 saturated heterocycles. The number of rotatable bonds is 6. The van der Waals surface area contributed by atoms with Crippen LogP contribution in [0.4, 0.5) is 16.0 Å². The summed E-state index contributed by atoms with van der Waals surface area (Å²) in [5.41, 5.74) is 0.981. The van der Waals surface area contributed by atoms with Gasteiger partial charge < -0.3 is 15.0 Å². The quantitative estimate of drug-likeness (QED) is 0.774. The second-order valence-corrected chi connectivity index (χ2v) is 8.75. The number of benzene rings is 1. The van der Waals surface area contributed by atoms with Gasteiger partial charge in [0.2, 0.25) is 0 Å². The molecule has 2 fully saturated rings. The van der Waals surface area contributed by atoms with Crippen molar-refractivity contribution in [2.45, 2.75) is 25.4 Å². The number of piperidine rings is 1. The number of likely N-dealkylation sites (tertiary alicyclic amines) is 1. The largest absolute Gasteiger partial charge is 0.494 e. The third kappa shape index (κ3) is 5.30. The van der Waals surface area contributed by atoms with E-state index in [2.05, 4.69) is 31.2 Å². The molecule has 4 rings (SSSR count). The molecule has 0 amide bonds. The first kappa shape index (κ1) is 20.2. The van der Waals surface area contributed by atoms with E-state index in [0.29, 0.717) is 11.8 Å². The molecule has 0 unspecified atom stereocenters. The van der Waals surface area contributed by atoms with Crippen LogP contribution in [0.25, 0.3) is 0 Å². The van der Waals surface area contributed by atoms with Crippen molar-refractivity contribution in [3.63, 3.8) is 0 Å². The van der Waals surface area contributed by atoms with E-state index in [9.17, 15) is 4.39 Å². The van der Waals surface area contributed by atoms with Crippen LogP contribution in [0.5, 0.6) is 5.75 Å². The Morgan fingerprint density at radius 2 is 1.93 bits per heavy atom. The summed E-state index contributed by atoms with van der Waals surface area (Å²) in [7, 11) is 1.49. The van der Waals surface area contributed by atoms with E-state index < -0.39 is 0 Å². The summed E-state index contributed by atoms with van der Waals surface area (Å²) in [4.78, 5) is 13.6.